The van der Waals surface area contributed by atoms with Crippen LogP contribution in [0.4, 0.5) is 5.69 Å². The van der Waals surface area contributed by atoms with Crippen LogP contribution in [-0.2, 0) is 0 Å². The predicted molar refractivity (Wildman–Crippen MR) is 77.3 cm³/mol. The third-order valence-electron chi connectivity index (χ3n) is 4.12. The van der Waals surface area contributed by atoms with E-state index in [9.17, 15) is 0 Å². The van der Waals surface area contributed by atoms with E-state index in [1.54, 1.807) is 0 Å². The fraction of sp³-hybridized carbons (Fsp3) is 0.600. The van der Waals surface area contributed by atoms with Crippen LogP contribution in [0, 0.1) is 11.3 Å². The van der Waals surface area contributed by atoms with Crippen LogP contribution in [-0.4, -0.2) is 24.8 Å². The first-order valence-electron chi connectivity index (χ1n) is 6.65. The number of hydrogen-bond acceptors (Lipinski definition) is 2. The van der Waals surface area contributed by atoms with Crippen molar-refractivity contribution in [3.8, 4) is 0 Å². The van der Waals surface area contributed by atoms with E-state index in [0.717, 1.165) is 36.6 Å². The van der Waals surface area contributed by atoms with Crippen molar-refractivity contribution >= 4 is 17.3 Å². The monoisotopic (exact) mass is 267 g/mol. The maximum atomic E-state index is 9.14. The molecule has 2 nitrogen and oxygen atoms in total. The quantitative estimate of drug-likeness (QED) is 0.905. The minimum atomic E-state index is 0.222. The highest BCUT2D eigenvalue weighted by Crippen LogP contribution is 2.39. The summed E-state index contributed by atoms with van der Waals surface area (Å²) in [5.41, 5.74) is 1.36. The Kier molecular flexibility index (Phi) is 4.18. The first kappa shape index (κ1) is 13.7. The van der Waals surface area contributed by atoms with Gasteiger partial charge in [0.2, 0.25) is 0 Å². The minimum Gasteiger partial charge on any atom is -0.396 e. The molecule has 0 aliphatic carbocycles. The molecule has 2 rings (SSSR count). The zero-order chi connectivity index (χ0) is 13.2. The molecule has 100 valence electrons. The van der Waals surface area contributed by atoms with E-state index in [-0.39, 0.29) is 5.41 Å². The molecule has 1 heterocycles. The molecular weight excluding hydrogens is 246 g/mol. The summed E-state index contributed by atoms with van der Waals surface area (Å²) in [6.45, 7) is 6.89. The van der Waals surface area contributed by atoms with Gasteiger partial charge in [0.15, 0.2) is 0 Å². The van der Waals surface area contributed by atoms with Gasteiger partial charge in [-0.05, 0) is 36.3 Å². The normalized spacial score (nSPS) is 23.1. The van der Waals surface area contributed by atoms with Gasteiger partial charge in [0.1, 0.15) is 0 Å². The molecule has 1 fully saturated rings. The van der Waals surface area contributed by atoms with Gasteiger partial charge in [0, 0.05) is 19.7 Å². The first-order valence-corrected chi connectivity index (χ1v) is 7.03. The van der Waals surface area contributed by atoms with Crippen molar-refractivity contribution in [1.82, 2.24) is 0 Å². The molecule has 1 aliphatic heterocycles. The lowest BCUT2D eigenvalue weighted by molar-refractivity contribution is 0.134. The SMILES string of the molecule is CC1(C)CN(c2ccccc2Cl)CCC1CCO. The van der Waals surface area contributed by atoms with Gasteiger partial charge >= 0.3 is 0 Å². The van der Waals surface area contributed by atoms with Gasteiger partial charge in [-0.25, -0.2) is 0 Å². The lowest BCUT2D eigenvalue weighted by Crippen LogP contribution is -2.46. The second-order valence-corrected chi connectivity index (χ2v) is 6.27. The zero-order valence-electron chi connectivity index (χ0n) is 11.2. The number of hydrogen-bond donors (Lipinski definition) is 1. The lowest BCUT2D eigenvalue weighted by Gasteiger charge is -2.45. The van der Waals surface area contributed by atoms with Crippen molar-refractivity contribution in [3.63, 3.8) is 0 Å². The minimum absolute atomic E-state index is 0.222. The summed E-state index contributed by atoms with van der Waals surface area (Å²) < 4.78 is 0. The zero-order valence-corrected chi connectivity index (χ0v) is 12.0. The van der Waals surface area contributed by atoms with Crippen molar-refractivity contribution in [1.29, 1.82) is 0 Å². The van der Waals surface area contributed by atoms with Crippen molar-refractivity contribution in [2.24, 2.45) is 11.3 Å². The van der Waals surface area contributed by atoms with Crippen molar-refractivity contribution in [2.45, 2.75) is 26.7 Å². The molecular formula is C15H22ClNO. The lowest BCUT2D eigenvalue weighted by atomic mass is 9.72. The Morgan fingerprint density at radius 2 is 2.11 bits per heavy atom. The molecule has 0 spiro atoms. The number of aliphatic hydroxyl groups is 1. The fourth-order valence-corrected chi connectivity index (χ4v) is 3.26. The summed E-state index contributed by atoms with van der Waals surface area (Å²) in [5, 5.41) is 9.97. The predicted octanol–water partition coefficient (Wildman–Crippen LogP) is 3.57. The van der Waals surface area contributed by atoms with Gasteiger partial charge in [-0.1, -0.05) is 37.6 Å². The summed E-state index contributed by atoms with van der Waals surface area (Å²) in [5.74, 6) is 0.598. The van der Waals surface area contributed by atoms with E-state index in [0.29, 0.717) is 12.5 Å². The smallest absolute Gasteiger partial charge is 0.0639 e. The van der Waals surface area contributed by atoms with Crippen molar-refractivity contribution < 1.29 is 5.11 Å². The Balaban J connectivity index is 2.14. The summed E-state index contributed by atoms with van der Waals surface area (Å²) in [6, 6.07) is 8.04. The Morgan fingerprint density at radius 3 is 2.72 bits per heavy atom. The molecule has 1 aromatic rings. The van der Waals surface area contributed by atoms with E-state index < -0.39 is 0 Å². The van der Waals surface area contributed by atoms with Crippen LogP contribution in [0.2, 0.25) is 5.02 Å². The number of nitrogens with zero attached hydrogens (tertiary/aromatic N) is 1. The Bertz CT molecular complexity index is 405. The highest BCUT2D eigenvalue weighted by molar-refractivity contribution is 6.33. The van der Waals surface area contributed by atoms with Crippen LogP contribution in [0.25, 0.3) is 0 Å². The Hall–Kier alpha value is -0.730. The van der Waals surface area contributed by atoms with Crippen molar-refractivity contribution in [3.05, 3.63) is 29.3 Å². The number of aliphatic hydroxyl groups excluding tert-OH is 1. The van der Waals surface area contributed by atoms with Crippen LogP contribution in [0.15, 0.2) is 24.3 Å². The van der Waals surface area contributed by atoms with E-state index in [1.165, 1.54) is 0 Å². The largest absolute Gasteiger partial charge is 0.396 e. The Morgan fingerprint density at radius 1 is 1.39 bits per heavy atom. The van der Waals surface area contributed by atoms with Crippen LogP contribution in [0.5, 0.6) is 0 Å². The van der Waals surface area contributed by atoms with Crippen LogP contribution in [0.3, 0.4) is 0 Å². The second-order valence-electron chi connectivity index (χ2n) is 5.86. The molecule has 1 unspecified atom stereocenters. The first-order chi connectivity index (χ1) is 8.54. The van der Waals surface area contributed by atoms with E-state index in [4.69, 9.17) is 16.7 Å². The fourth-order valence-electron chi connectivity index (χ4n) is 3.01. The maximum Gasteiger partial charge on any atom is 0.0639 e. The van der Waals surface area contributed by atoms with Gasteiger partial charge in [0.05, 0.1) is 10.7 Å². The maximum absolute atomic E-state index is 9.14. The second kappa shape index (κ2) is 5.50. The number of para-hydroxylation sites is 1. The van der Waals surface area contributed by atoms with Gasteiger partial charge in [-0.15, -0.1) is 0 Å². The number of anilines is 1. The van der Waals surface area contributed by atoms with Gasteiger partial charge < -0.3 is 10.0 Å². The number of benzene rings is 1. The van der Waals surface area contributed by atoms with E-state index in [1.807, 2.05) is 18.2 Å². The molecule has 1 atom stereocenters. The summed E-state index contributed by atoms with van der Waals surface area (Å²) in [4.78, 5) is 2.37. The Labute approximate surface area is 115 Å². The summed E-state index contributed by atoms with van der Waals surface area (Å²) in [6.07, 6.45) is 2.03. The van der Waals surface area contributed by atoms with E-state index in [2.05, 4.69) is 24.8 Å². The molecule has 3 heteroatoms. The topological polar surface area (TPSA) is 23.5 Å². The highest BCUT2D eigenvalue weighted by atomic mass is 35.5. The third kappa shape index (κ3) is 2.81. The molecule has 1 saturated heterocycles. The van der Waals surface area contributed by atoms with E-state index >= 15 is 0 Å². The van der Waals surface area contributed by atoms with Gasteiger partial charge in [0.25, 0.3) is 0 Å². The van der Waals surface area contributed by atoms with Crippen LogP contribution < -0.4 is 4.90 Å². The number of rotatable bonds is 3. The average molecular weight is 268 g/mol. The van der Waals surface area contributed by atoms with Crippen LogP contribution in [0.1, 0.15) is 26.7 Å². The highest BCUT2D eigenvalue weighted by Gasteiger charge is 2.35. The standard InChI is InChI=1S/C15H22ClNO/c1-15(2)11-17(9-7-12(15)8-10-18)14-6-4-3-5-13(14)16/h3-6,12,18H,7-11H2,1-2H3. The summed E-state index contributed by atoms with van der Waals surface area (Å²) in [7, 11) is 0. The molecule has 0 amide bonds. The van der Waals surface area contributed by atoms with Gasteiger partial charge in [-0.3, -0.25) is 0 Å². The molecule has 1 aliphatic rings. The number of halogens is 1. The molecule has 0 bridgehead atoms. The summed E-state index contributed by atoms with van der Waals surface area (Å²) >= 11 is 6.27. The molecule has 1 aromatic carbocycles. The molecule has 18 heavy (non-hydrogen) atoms. The molecule has 0 saturated carbocycles. The molecule has 0 aromatic heterocycles. The number of piperidine rings is 1. The third-order valence-corrected chi connectivity index (χ3v) is 4.44. The molecule has 1 N–H and O–H groups in total. The van der Waals surface area contributed by atoms with Gasteiger partial charge in [-0.2, -0.15) is 0 Å². The van der Waals surface area contributed by atoms with Crippen LogP contribution >= 0.6 is 11.6 Å². The average Bonchev–Trinajstić information content (AvgIpc) is 2.32. The van der Waals surface area contributed by atoms with Crippen molar-refractivity contribution in [2.75, 3.05) is 24.6 Å². The molecule has 0 radical (unpaired) electrons.